The number of ether oxygens (including phenoxy) is 1. The molecule has 3 aliphatic rings. The van der Waals surface area contributed by atoms with E-state index in [0.29, 0.717) is 47.5 Å². The summed E-state index contributed by atoms with van der Waals surface area (Å²) in [5.74, 6) is -2.69. The topological polar surface area (TPSA) is 136 Å². The molecule has 0 saturated carbocycles. The molecule has 6 rings (SSSR count). The molecule has 13 nitrogen and oxygen atoms in total. The maximum atomic E-state index is 15.6. The predicted octanol–water partition coefficient (Wildman–Crippen LogP) is 3.00. The molecule has 50 heavy (non-hydrogen) atoms. The molecule has 16 heteroatoms. The average Bonchev–Trinajstić information content (AvgIpc) is 3.63. The van der Waals surface area contributed by atoms with Gasteiger partial charge in [0.1, 0.15) is 11.4 Å². The van der Waals surface area contributed by atoms with E-state index in [1.165, 1.54) is 20.2 Å². The molecule has 3 aliphatic heterocycles. The molecule has 1 atom stereocenters. The fraction of sp³-hybridized carbons (Fsp3) is 0.500. The first-order valence-electron chi connectivity index (χ1n) is 16.6. The van der Waals surface area contributed by atoms with E-state index in [1.54, 1.807) is 21.2 Å². The molecule has 0 unspecified atom stereocenters. The Kier molecular flexibility index (Phi) is 10.2. The number of hydrogen-bond acceptors (Lipinski definition) is 10. The Morgan fingerprint density at radius 2 is 1.80 bits per heavy atom. The Morgan fingerprint density at radius 3 is 2.48 bits per heavy atom. The Bertz CT molecular complexity index is 2020. The lowest BCUT2D eigenvalue weighted by Gasteiger charge is -2.41. The Labute approximate surface area is 295 Å². The van der Waals surface area contributed by atoms with Gasteiger partial charge in [-0.3, -0.25) is 14.5 Å². The molecule has 270 valence electrons. The molecule has 2 fully saturated rings. The zero-order valence-electron chi connectivity index (χ0n) is 28.8. The Morgan fingerprint density at radius 1 is 1.08 bits per heavy atom. The number of carbonyl (C=O) groups is 2. The molecule has 2 amide bonds. The number of rotatable bonds is 8. The third kappa shape index (κ3) is 6.68. The molecule has 0 radical (unpaired) electrons. The lowest BCUT2D eigenvalue weighted by molar-refractivity contribution is 0.0727. The minimum Gasteiger partial charge on any atom is -0.422 e. The summed E-state index contributed by atoms with van der Waals surface area (Å²) in [6, 6.07) is 4.18. The van der Waals surface area contributed by atoms with Crippen molar-refractivity contribution >= 4 is 56.0 Å². The largest absolute Gasteiger partial charge is 0.422 e. The van der Waals surface area contributed by atoms with Gasteiger partial charge in [-0.2, -0.15) is 12.7 Å². The third-order valence-corrected chi connectivity index (χ3v) is 11.8. The number of aryl methyl sites for hydroxylation is 1. The van der Waals surface area contributed by atoms with Gasteiger partial charge < -0.3 is 23.9 Å². The first-order chi connectivity index (χ1) is 23.7. The van der Waals surface area contributed by atoms with E-state index >= 15 is 4.39 Å². The van der Waals surface area contributed by atoms with Crippen LogP contribution in [0.25, 0.3) is 11.0 Å². The molecule has 1 N–H and O–H groups in total. The van der Waals surface area contributed by atoms with Gasteiger partial charge in [-0.15, -0.1) is 0 Å². The highest BCUT2D eigenvalue weighted by Crippen LogP contribution is 2.39. The first kappa shape index (κ1) is 36.0. The van der Waals surface area contributed by atoms with Gasteiger partial charge in [-0.25, -0.2) is 13.9 Å². The minimum absolute atomic E-state index is 0.131. The predicted molar refractivity (Wildman–Crippen MR) is 189 cm³/mol. The van der Waals surface area contributed by atoms with E-state index in [-0.39, 0.29) is 61.0 Å². The molecule has 2 saturated heterocycles. The second kappa shape index (κ2) is 14.1. The van der Waals surface area contributed by atoms with Crippen LogP contribution in [-0.4, -0.2) is 115 Å². The number of benzene rings is 2. The molecule has 2 aromatic carbocycles. The van der Waals surface area contributed by atoms with Crippen molar-refractivity contribution < 1.29 is 31.6 Å². The van der Waals surface area contributed by atoms with Crippen LogP contribution in [0.1, 0.15) is 50.2 Å². The van der Waals surface area contributed by atoms with Crippen molar-refractivity contribution in [1.29, 1.82) is 0 Å². The summed E-state index contributed by atoms with van der Waals surface area (Å²) >= 11 is 6.92. The van der Waals surface area contributed by atoms with Crippen molar-refractivity contribution in [2.24, 2.45) is 0 Å². The highest BCUT2D eigenvalue weighted by molar-refractivity contribution is 7.87. The monoisotopic (exact) mass is 732 g/mol. The SMILES string of the molecule is COC[C@H]1CN(c2cc(Cl)c3c4c(c(=O)oc3c2C)CN(C(=O)c2cc(N(C)C)c(C(=O)NS(=O)(=O)N3CCCC3)cc2F)CC4)CCN1C. The number of anilines is 2. The van der Waals surface area contributed by atoms with Crippen LogP contribution in [0.4, 0.5) is 15.8 Å². The van der Waals surface area contributed by atoms with Crippen LogP contribution in [0.2, 0.25) is 5.02 Å². The molecule has 1 aromatic heterocycles. The third-order valence-electron chi connectivity index (χ3n) is 9.97. The maximum Gasteiger partial charge on any atom is 0.341 e. The van der Waals surface area contributed by atoms with Crippen LogP contribution in [0.5, 0.6) is 0 Å². The Balaban J connectivity index is 1.28. The van der Waals surface area contributed by atoms with Gasteiger partial charge in [-0.05, 0) is 57.0 Å². The summed E-state index contributed by atoms with van der Waals surface area (Å²) in [6.07, 6.45) is 1.65. The van der Waals surface area contributed by atoms with Gasteiger partial charge in [0, 0.05) is 77.1 Å². The fourth-order valence-corrected chi connectivity index (χ4v) is 8.67. The second-order valence-electron chi connectivity index (χ2n) is 13.4. The van der Waals surface area contributed by atoms with Crippen LogP contribution in [0.3, 0.4) is 0 Å². The number of nitrogens with zero attached hydrogens (tertiary/aromatic N) is 5. The van der Waals surface area contributed by atoms with Crippen molar-refractivity contribution in [3.05, 3.63) is 67.3 Å². The maximum absolute atomic E-state index is 15.6. The minimum atomic E-state index is -4.11. The van der Waals surface area contributed by atoms with Crippen molar-refractivity contribution in [3.63, 3.8) is 0 Å². The fourth-order valence-electron chi connectivity index (χ4n) is 7.15. The van der Waals surface area contributed by atoms with E-state index in [0.717, 1.165) is 30.4 Å². The standard InChI is InChI=1S/C34H42ClFN6O7S/c1-20-28(40-13-12-39(4)21(17-40)19-48-5)16-26(35)30-22-8-11-41(18-25(22)34(45)49-31(20)30)33(44)23-15-29(38(2)3)24(14-27(23)36)32(43)37-50(46,47)42-9-6-7-10-42/h14-16,21H,6-13,17-19H2,1-5H3,(H,37,43)/t21-/m1/s1. The van der Waals surface area contributed by atoms with Crippen LogP contribution in [-0.2, 0) is 27.9 Å². The lowest BCUT2D eigenvalue weighted by Crippen LogP contribution is -2.53. The molecule has 0 spiro atoms. The lowest BCUT2D eigenvalue weighted by atomic mass is 9.94. The van der Waals surface area contributed by atoms with Crippen LogP contribution >= 0.6 is 11.6 Å². The van der Waals surface area contributed by atoms with Crippen LogP contribution < -0.4 is 20.1 Å². The molecule has 0 aliphatic carbocycles. The number of carbonyl (C=O) groups excluding carboxylic acids is 2. The highest BCUT2D eigenvalue weighted by Gasteiger charge is 2.33. The number of fused-ring (bicyclic) bond motifs is 3. The van der Waals surface area contributed by atoms with Crippen molar-refractivity contribution in [1.82, 2.24) is 18.8 Å². The van der Waals surface area contributed by atoms with Crippen LogP contribution in [0.15, 0.2) is 27.4 Å². The average molecular weight is 733 g/mol. The van der Waals surface area contributed by atoms with Gasteiger partial charge >= 0.3 is 15.8 Å². The summed E-state index contributed by atoms with van der Waals surface area (Å²) in [4.78, 5) is 47.7. The summed E-state index contributed by atoms with van der Waals surface area (Å²) in [5, 5.41) is 1.06. The molecule has 0 bridgehead atoms. The first-order valence-corrected chi connectivity index (χ1v) is 18.4. The van der Waals surface area contributed by atoms with Gasteiger partial charge in [-0.1, -0.05) is 11.6 Å². The summed E-state index contributed by atoms with van der Waals surface area (Å²) in [6.45, 7) is 5.41. The van der Waals surface area contributed by atoms with Gasteiger partial charge in [0.15, 0.2) is 0 Å². The van der Waals surface area contributed by atoms with Crippen molar-refractivity contribution in [2.45, 2.75) is 38.8 Å². The quantitative estimate of drug-likeness (QED) is 0.345. The number of hydrogen-bond donors (Lipinski definition) is 1. The van der Waals surface area contributed by atoms with Crippen molar-refractivity contribution in [2.75, 3.05) is 83.9 Å². The van der Waals surface area contributed by atoms with E-state index in [4.69, 9.17) is 20.8 Å². The summed E-state index contributed by atoms with van der Waals surface area (Å²) in [7, 11) is 2.82. The second-order valence-corrected chi connectivity index (χ2v) is 15.4. The van der Waals surface area contributed by atoms with E-state index in [2.05, 4.69) is 16.8 Å². The van der Waals surface area contributed by atoms with E-state index in [9.17, 15) is 22.8 Å². The molecule has 3 aromatic rings. The van der Waals surface area contributed by atoms with Crippen LogP contribution in [0, 0.1) is 12.7 Å². The van der Waals surface area contributed by atoms with E-state index in [1.807, 2.05) is 17.7 Å². The summed E-state index contributed by atoms with van der Waals surface area (Å²) in [5.41, 5.74) is 2.02. The van der Waals surface area contributed by atoms with Gasteiger partial charge in [0.2, 0.25) is 0 Å². The van der Waals surface area contributed by atoms with Gasteiger partial charge in [0.25, 0.3) is 11.8 Å². The zero-order valence-corrected chi connectivity index (χ0v) is 30.4. The van der Waals surface area contributed by atoms with Crippen molar-refractivity contribution in [3.8, 4) is 0 Å². The number of nitrogens with one attached hydrogen (secondary N) is 1. The number of likely N-dealkylation sites (N-methyl/N-ethyl adjacent to an activating group) is 1. The van der Waals surface area contributed by atoms with E-state index < -0.39 is 33.5 Å². The smallest absolute Gasteiger partial charge is 0.341 e. The van der Waals surface area contributed by atoms with Gasteiger partial charge in [0.05, 0.1) is 46.6 Å². The zero-order chi connectivity index (χ0) is 36.1. The number of methoxy groups -OCH3 is 1. The number of halogens is 2. The normalized spacial score (nSPS) is 18.8. The molecular formula is C34H42ClFN6O7S. The Hall–Kier alpha value is -3.76. The molecule has 4 heterocycles. The summed E-state index contributed by atoms with van der Waals surface area (Å²) < 4.78 is 55.6. The molecular weight excluding hydrogens is 691 g/mol. The number of amides is 2. The number of piperazine rings is 1. The highest BCUT2D eigenvalue weighted by atomic mass is 35.5.